The summed E-state index contributed by atoms with van der Waals surface area (Å²) in [5.74, 6) is -0.396. The molecule has 1 atom stereocenters. The highest BCUT2D eigenvalue weighted by Gasteiger charge is 2.49. The molecule has 9 heteroatoms. The molecule has 1 N–H and O–H groups in total. The third kappa shape index (κ3) is 3.05. The zero-order valence-electron chi connectivity index (χ0n) is 14.1. The Balaban J connectivity index is 1.80. The van der Waals surface area contributed by atoms with Crippen LogP contribution in [0.3, 0.4) is 0 Å². The minimum absolute atomic E-state index is 0.0797. The number of aromatic nitrogens is 1. The van der Waals surface area contributed by atoms with Crippen molar-refractivity contribution in [3.63, 3.8) is 0 Å². The maximum atomic E-state index is 12.8. The van der Waals surface area contributed by atoms with Gasteiger partial charge in [-0.2, -0.15) is 11.3 Å². The molecule has 0 spiro atoms. The number of imide groups is 1. The highest BCUT2D eigenvalue weighted by molar-refractivity contribution is 7.14. The number of thiophene rings is 1. The van der Waals surface area contributed by atoms with Crippen LogP contribution in [0.4, 0.5) is 9.93 Å². The van der Waals surface area contributed by atoms with Gasteiger partial charge in [-0.3, -0.25) is 19.4 Å². The second-order valence-corrected chi connectivity index (χ2v) is 7.46. The zero-order chi connectivity index (χ0) is 18.2. The van der Waals surface area contributed by atoms with Gasteiger partial charge in [0.05, 0.1) is 12.2 Å². The lowest BCUT2D eigenvalue weighted by Crippen LogP contribution is -2.40. The van der Waals surface area contributed by atoms with Crippen LogP contribution in [0.5, 0.6) is 0 Å². The van der Waals surface area contributed by atoms with Crippen LogP contribution in [0.1, 0.15) is 32.0 Å². The van der Waals surface area contributed by atoms with Crippen molar-refractivity contribution in [1.29, 1.82) is 0 Å². The van der Waals surface area contributed by atoms with Crippen molar-refractivity contribution in [3.05, 3.63) is 33.5 Å². The molecular formula is C16H18N4O3S2. The molecule has 3 rings (SSSR count). The van der Waals surface area contributed by atoms with Crippen molar-refractivity contribution >= 4 is 45.7 Å². The van der Waals surface area contributed by atoms with E-state index in [9.17, 15) is 14.4 Å². The Hall–Kier alpha value is -2.26. The summed E-state index contributed by atoms with van der Waals surface area (Å²) in [5, 5.41) is 8.83. The van der Waals surface area contributed by atoms with Gasteiger partial charge >= 0.3 is 6.03 Å². The number of nitrogens with zero attached hydrogens (tertiary/aromatic N) is 3. The summed E-state index contributed by atoms with van der Waals surface area (Å²) < 4.78 is 0. The van der Waals surface area contributed by atoms with Gasteiger partial charge in [0.2, 0.25) is 5.91 Å². The fraction of sp³-hybridized carbons (Fsp3) is 0.375. The Kier molecular flexibility index (Phi) is 4.61. The minimum Gasteiger partial charge on any atom is -0.319 e. The van der Waals surface area contributed by atoms with Gasteiger partial charge in [-0.05, 0) is 36.2 Å². The van der Waals surface area contributed by atoms with Gasteiger partial charge < -0.3 is 5.32 Å². The molecule has 0 radical (unpaired) electrons. The Labute approximate surface area is 153 Å². The largest absolute Gasteiger partial charge is 0.325 e. The summed E-state index contributed by atoms with van der Waals surface area (Å²) in [5.41, 5.74) is 0.300. The summed E-state index contributed by atoms with van der Waals surface area (Å²) in [6.45, 7) is 5.65. The standard InChI is InChI=1S/C16H18N4O3S2/c1-4-19(10(2)21)15-17-12(9-25-15)7-20-13(22)16(3,18-14(20)23)11-5-6-24-8-11/h5-6,8-9H,4,7H2,1-3H3,(H,18,23). The highest BCUT2D eigenvalue weighted by Crippen LogP contribution is 2.31. The quantitative estimate of drug-likeness (QED) is 0.811. The molecule has 2 aromatic rings. The molecule has 0 bridgehead atoms. The molecule has 4 amide bonds. The lowest BCUT2D eigenvalue weighted by atomic mass is 9.95. The van der Waals surface area contributed by atoms with Gasteiger partial charge in [-0.15, -0.1) is 11.3 Å². The molecule has 1 saturated heterocycles. The van der Waals surface area contributed by atoms with E-state index in [0.717, 1.165) is 5.56 Å². The fourth-order valence-electron chi connectivity index (χ4n) is 2.73. The molecular weight excluding hydrogens is 360 g/mol. The first-order chi connectivity index (χ1) is 11.9. The van der Waals surface area contributed by atoms with Crippen LogP contribution >= 0.6 is 22.7 Å². The van der Waals surface area contributed by atoms with E-state index < -0.39 is 11.6 Å². The van der Waals surface area contributed by atoms with E-state index >= 15 is 0 Å². The molecule has 0 saturated carbocycles. The normalized spacial score (nSPS) is 20.0. The van der Waals surface area contributed by atoms with Crippen LogP contribution in [0.15, 0.2) is 22.2 Å². The molecule has 2 aromatic heterocycles. The lowest BCUT2D eigenvalue weighted by molar-refractivity contribution is -0.131. The average Bonchev–Trinajstić information content (AvgIpc) is 3.27. The molecule has 1 unspecified atom stereocenters. The van der Waals surface area contributed by atoms with Crippen molar-refractivity contribution in [1.82, 2.24) is 15.2 Å². The maximum Gasteiger partial charge on any atom is 0.325 e. The van der Waals surface area contributed by atoms with Gasteiger partial charge in [-0.25, -0.2) is 9.78 Å². The fourth-order valence-corrected chi connectivity index (χ4v) is 4.42. The van der Waals surface area contributed by atoms with Gasteiger partial charge in [-0.1, -0.05) is 0 Å². The highest BCUT2D eigenvalue weighted by atomic mass is 32.1. The molecule has 132 valence electrons. The Morgan fingerprint density at radius 2 is 2.16 bits per heavy atom. The molecule has 0 aromatic carbocycles. The molecule has 25 heavy (non-hydrogen) atoms. The van der Waals surface area contributed by atoms with Gasteiger partial charge in [0, 0.05) is 18.8 Å². The number of rotatable bonds is 5. The summed E-state index contributed by atoms with van der Waals surface area (Å²) in [6.07, 6.45) is 0. The third-order valence-corrected chi connectivity index (χ3v) is 5.76. The van der Waals surface area contributed by atoms with Crippen molar-refractivity contribution in [2.45, 2.75) is 32.9 Å². The summed E-state index contributed by atoms with van der Waals surface area (Å²) in [7, 11) is 0. The first kappa shape index (κ1) is 17.6. The lowest BCUT2D eigenvalue weighted by Gasteiger charge is -2.20. The Bertz CT molecular complexity index is 817. The van der Waals surface area contributed by atoms with Gasteiger partial charge in [0.1, 0.15) is 5.54 Å². The van der Waals surface area contributed by atoms with E-state index in [1.807, 2.05) is 23.8 Å². The molecule has 3 heterocycles. The predicted octanol–water partition coefficient (Wildman–Crippen LogP) is 2.54. The van der Waals surface area contributed by atoms with Crippen molar-refractivity contribution < 1.29 is 14.4 Å². The van der Waals surface area contributed by atoms with E-state index in [2.05, 4.69) is 10.3 Å². The van der Waals surface area contributed by atoms with Gasteiger partial charge in [0.25, 0.3) is 5.91 Å². The number of anilines is 1. The number of thiazole rings is 1. The number of amides is 4. The molecule has 1 aliphatic rings. The second kappa shape index (κ2) is 6.57. The Morgan fingerprint density at radius 3 is 2.76 bits per heavy atom. The Morgan fingerprint density at radius 1 is 1.40 bits per heavy atom. The van der Waals surface area contributed by atoms with E-state index in [0.29, 0.717) is 17.4 Å². The second-order valence-electron chi connectivity index (χ2n) is 5.84. The van der Waals surface area contributed by atoms with E-state index in [-0.39, 0.29) is 18.4 Å². The molecule has 7 nitrogen and oxygen atoms in total. The molecule has 1 fully saturated rings. The number of carbonyl (C=O) groups excluding carboxylic acids is 3. The molecule has 0 aliphatic carbocycles. The number of carbonyl (C=O) groups is 3. The summed E-state index contributed by atoms with van der Waals surface area (Å²) >= 11 is 2.80. The van der Waals surface area contributed by atoms with E-state index in [1.165, 1.54) is 34.5 Å². The SMILES string of the molecule is CCN(C(C)=O)c1nc(CN2C(=O)NC(C)(c3ccsc3)C2=O)cs1. The average molecular weight is 378 g/mol. The number of hydrogen-bond acceptors (Lipinski definition) is 6. The monoisotopic (exact) mass is 378 g/mol. The first-order valence-corrected chi connectivity index (χ1v) is 9.58. The van der Waals surface area contributed by atoms with Crippen LogP contribution in [0.2, 0.25) is 0 Å². The molecule has 1 aliphatic heterocycles. The van der Waals surface area contributed by atoms with Crippen LogP contribution in [0, 0.1) is 0 Å². The van der Waals surface area contributed by atoms with E-state index in [1.54, 1.807) is 17.2 Å². The van der Waals surface area contributed by atoms with Gasteiger partial charge in [0.15, 0.2) is 5.13 Å². The minimum atomic E-state index is -1.05. The van der Waals surface area contributed by atoms with Crippen molar-refractivity contribution in [2.75, 3.05) is 11.4 Å². The van der Waals surface area contributed by atoms with Crippen molar-refractivity contribution in [2.24, 2.45) is 0 Å². The van der Waals surface area contributed by atoms with Crippen molar-refractivity contribution in [3.8, 4) is 0 Å². The topological polar surface area (TPSA) is 82.6 Å². The third-order valence-electron chi connectivity index (χ3n) is 4.16. The summed E-state index contributed by atoms with van der Waals surface area (Å²) in [6, 6.07) is 1.39. The van der Waals surface area contributed by atoms with Crippen LogP contribution in [-0.4, -0.2) is 34.3 Å². The first-order valence-electron chi connectivity index (χ1n) is 7.76. The van der Waals surface area contributed by atoms with Crippen LogP contribution in [-0.2, 0) is 21.7 Å². The zero-order valence-corrected chi connectivity index (χ0v) is 15.7. The summed E-state index contributed by atoms with van der Waals surface area (Å²) in [4.78, 5) is 43.8. The van der Waals surface area contributed by atoms with E-state index in [4.69, 9.17) is 0 Å². The van der Waals surface area contributed by atoms with Crippen LogP contribution < -0.4 is 10.2 Å². The predicted molar refractivity (Wildman–Crippen MR) is 96.6 cm³/mol. The number of urea groups is 1. The number of nitrogens with one attached hydrogen (secondary N) is 1. The number of hydrogen-bond donors (Lipinski definition) is 1. The maximum absolute atomic E-state index is 12.8. The smallest absolute Gasteiger partial charge is 0.319 e. The van der Waals surface area contributed by atoms with Crippen LogP contribution in [0.25, 0.3) is 0 Å².